The van der Waals surface area contributed by atoms with E-state index in [2.05, 4.69) is 22.0 Å². The summed E-state index contributed by atoms with van der Waals surface area (Å²) in [6.45, 7) is 3.60. The highest BCUT2D eigenvalue weighted by molar-refractivity contribution is 5.92. The highest BCUT2D eigenvalue weighted by Crippen LogP contribution is 2.40. The molecular weight excluding hydrogens is 418 g/mol. The maximum absolute atomic E-state index is 12.6. The Labute approximate surface area is 194 Å². The number of benzene rings is 1. The number of pyridine rings is 1. The number of hydrogen-bond acceptors (Lipinski definition) is 6. The Balaban J connectivity index is 1.13. The molecule has 3 fully saturated rings. The molecule has 2 aromatic rings. The van der Waals surface area contributed by atoms with Gasteiger partial charge in [-0.3, -0.25) is 14.7 Å². The van der Waals surface area contributed by atoms with E-state index in [4.69, 9.17) is 9.47 Å². The first-order valence-electron chi connectivity index (χ1n) is 12.2. The Hall–Kier alpha value is -2.48. The molecule has 33 heavy (non-hydrogen) atoms. The first-order valence-corrected chi connectivity index (χ1v) is 12.2. The van der Waals surface area contributed by atoms with Crippen LogP contribution < -0.4 is 4.74 Å². The largest absolute Gasteiger partial charge is 0.462 e. The van der Waals surface area contributed by atoms with Crippen LogP contribution in [-0.4, -0.2) is 69.9 Å². The quantitative estimate of drug-likeness (QED) is 0.776. The monoisotopic (exact) mass is 449 g/mol. The fourth-order valence-corrected chi connectivity index (χ4v) is 5.42. The number of aliphatic hydroxyl groups is 1. The number of β-amino-alcohol motifs (C(OH)–C–C–N with tert-alkyl or cyclic N) is 1. The summed E-state index contributed by atoms with van der Waals surface area (Å²) in [5, 5.41) is 9.68. The zero-order valence-electron chi connectivity index (χ0n) is 18.9. The number of aromatic nitrogens is 1. The lowest BCUT2D eigenvalue weighted by molar-refractivity contribution is -0.231. The van der Waals surface area contributed by atoms with Crippen LogP contribution in [0.5, 0.6) is 5.75 Å². The Bertz CT molecular complexity index is 1030. The summed E-state index contributed by atoms with van der Waals surface area (Å²) >= 11 is 0. The van der Waals surface area contributed by atoms with Crippen LogP contribution in [0.1, 0.15) is 54.6 Å². The highest BCUT2D eigenvalue weighted by atomic mass is 16.7. The Kier molecular flexibility index (Phi) is 5.35. The number of hydrogen-bond donors (Lipinski definition) is 1. The summed E-state index contributed by atoms with van der Waals surface area (Å²) in [6.07, 6.45) is 7.81. The van der Waals surface area contributed by atoms with Crippen LogP contribution in [0.25, 0.3) is 11.1 Å². The van der Waals surface area contributed by atoms with Crippen LogP contribution in [0.4, 0.5) is 0 Å². The van der Waals surface area contributed by atoms with E-state index in [1.165, 1.54) is 19.3 Å². The van der Waals surface area contributed by atoms with Gasteiger partial charge in [0.1, 0.15) is 11.4 Å². The summed E-state index contributed by atoms with van der Waals surface area (Å²) < 4.78 is 12.7. The van der Waals surface area contributed by atoms with Gasteiger partial charge in [-0.25, -0.2) is 0 Å². The normalized spacial score (nSPS) is 24.9. The third-order valence-electron chi connectivity index (χ3n) is 7.76. The van der Waals surface area contributed by atoms with Crippen LogP contribution in [-0.2, 0) is 11.3 Å². The molecule has 1 amide bonds. The number of aliphatic hydroxyl groups excluding tert-OH is 1. The second kappa shape index (κ2) is 8.38. The molecule has 0 radical (unpaired) electrons. The second-order valence-electron chi connectivity index (χ2n) is 9.87. The predicted octanol–water partition coefficient (Wildman–Crippen LogP) is 3.21. The van der Waals surface area contributed by atoms with Gasteiger partial charge in [0.15, 0.2) is 0 Å². The lowest BCUT2D eigenvalue weighted by Gasteiger charge is -2.47. The van der Waals surface area contributed by atoms with Gasteiger partial charge in [-0.1, -0.05) is 18.6 Å². The number of nitrogens with zero attached hydrogens (tertiary/aromatic N) is 3. The van der Waals surface area contributed by atoms with Gasteiger partial charge < -0.3 is 19.5 Å². The molecule has 174 valence electrons. The standard InChI is InChI=1S/C26H31N3O4/c30-22-8-11-29(16-22)25(31)23-6-4-19(15-27-23)18-5-7-24-20(14-18)17-32-26(33-24)9-12-28(13-10-26)21-2-1-3-21/h4-7,14-15,21-22,30H,1-3,8-13,16-17H2/t22-/m1/s1. The number of carbonyl (C=O) groups excluding carboxylic acids is 1. The molecule has 1 spiro atoms. The minimum Gasteiger partial charge on any atom is -0.462 e. The first-order chi connectivity index (χ1) is 16.1. The lowest BCUT2D eigenvalue weighted by Crippen LogP contribution is -2.54. The molecule has 1 atom stereocenters. The smallest absolute Gasteiger partial charge is 0.272 e. The van der Waals surface area contributed by atoms with Gasteiger partial charge in [0, 0.05) is 62.4 Å². The molecule has 7 nitrogen and oxygen atoms in total. The maximum atomic E-state index is 12.6. The third-order valence-corrected chi connectivity index (χ3v) is 7.76. The number of fused-ring (bicyclic) bond motifs is 1. The number of carbonyl (C=O) groups is 1. The van der Waals surface area contributed by atoms with E-state index in [9.17, 15) is 9.90 Å². The molecule has 1 aromatic carbocycles. The van der Waals surface area contributed by atoms with Crippen molar-refractivity contribution in [2.24, 2.45) is 0 Å². The van der Waals surface area contributed by atoms with Crippen molar-refractivity contribution in [2.75, 3.05) is 26.2 Å². The molecule has 6 rings (SSSR count). The SMILES string of the molecule is O=C(c1ccc(-c2ccc3c(c2)COC2(CCN(C4CCC4)CC2)O3)cn1)N1CC[C@@H](O)C1. The Morgan fingerprint density at radius 1 is 1.06 bits per heavy atom. The number of ether oxygens (including phenoxy) is 2. The zero-order valence-corrected chi connectivity index (χ0v) is 18.9. The molecular formula is C26H31N3O4. The van der Waals surface area contributed by atoms with E-state index < -0.39 is 11.9 Å². The summed E-state index contributed by atoms with van der Waals surface area (Å²) in [5.41, 5.74) is 3.43. The van der Waals surface area contributed by atoms with Crippen molar-refractivity contribution in [3.63, 3.8) is 0 Å². The molecule has 4 heterocycles. The van der Waals surface area contributed by atoms with Crippen molar-refractivity contribution in [2.45, 2.75) is 63.1 Å². The topological polar surface area (TPSA) is 75.1 Å². The number of piperidine rings is 1. The van der Waals surface area contributed by atoms with Crippen LogP contribution in [0.3, 0.4) is 0 Å². The highest BCUT2D eigenvalue weighted by Gasteiger charge is 2.42. The molecule has 3 aliphatic heterocycles. The molecule has 7 heteroatoms. The maximum Gasteiger partial charge on any atom is 0.272 e. The van der Waals surface area contributed by atoms with Crippen molar-refractivity contribution < 1.29 is 19.4 Å². The molecule has 0 bridgehead atoms. The number of rotatable bonds is 3. The van der Waals surface area contributed by atoms with Crippen LogP contribution in [0, 0.1) is 0 Å². The molecule has 1 N–H and O–H groups in total. The fourth-order valence-electron chi connectivity index (χ4n) is 5.42. The predicted molar refractivity (Wildman–Crippen MR) is 123 cm³/mol. The minimum absolute atomic E-state index is 0.126. The molecule has 1 aliphatic carbocycles. The van der Waals surface area contributed by atoms with E-state index >= 15 is 0 Å². The van der Waals surface area contributed by atoms with Gasteiger partial charge in [-0.15, -0.1) is 0 Å². The lowest BCUT2D eigenvalue weighted by atomic mass is 9.89. The Morgan fingerprint density at radius 2 is 1.88 bits per heavy atom. The fraction of sp³-hybridized carbons (Fsp3) is 0.538. The molecule has 2 saturated heterocycles. The van der Waals surface area contributed by atoms with Crippen molar-refractivity contribution in [1.82, 2.24) is 14.8 Å². The average Bonchev–Trinajstić information content (AvgIpc) is 3.25. The average molecular weight is 450 g/mol. The van der Waals surface area contributed by atoms with Crippen LogP contribution >= 0.6 is 0 Å². The summed E-state index contributed by atoms with van der Waals surface area (Å²) in [7, 11) is 0. The van der Waals surface area contributed by atoms with E-state index in [1.807, 2.05) is 12.1 Å². The molecule has 0 unspecified atom stereocenters. The van der Waals surface area contributed by atoms with Crippen molar-refractivity contribution >= 4 is 5.91 Å². The second-order valence-corrected chi connectivity index (χ2v) is 9.87. The summed E-state index contributed by atoms with van der Waals surface area (Å²) in [5.74, 6) is 0.301. The molecule has 1 saturated carbocycles. The van der Waals surface area contributed by atoms with Crippen LogP contribution in [0.15, 0.2) is 36.5 Å². The zero-order chi connectivity index (χ0) is 22.4. The molecule has 4 aliphatic rings. The minimum atomic E-state index is -0.485. The first kappa shape index (κ1) is 21.1. The van der Waals surface area contributed by atoms with E-state index in [0.29, 0.717) is 31.8 Å². The van der Waals surface area contributed by atoms with Gasteiger partial charge in [0.25, 0.3) is 5.91 Å². The van der Waals surface area contributed by atoms with E-state index in [1.54, 1.807) is 17.2 Å². The van der Waals surface area contributed by atoms with E-state index in [0.717, 1.165) is 54.4 Å². The van der Waals surface area contributed by atoms with Crippen molar-refractivity contribution in [3.8, 4) is 16.9 Å². The molecule has 1 aromatic heterocycles. The van der Waals surface area contributed by atoms with Gasteiger partial charge in [-0.2, -0.15) is 0 Å². The van der Waals surface area contributed by atoms with Gasteiger partial charge in [0.2, 0.25) is 5.79 Å². The van der Waals surface area contributed by atoms with Gasteiger partial charge >= 0.3 is 0 Å². The number of amides is 1. The van der Waals surface area contributed by atoms with Crippen LogP contribution in [0.2, 0.25) is 0 Å². The summed E-state index contributed by atoms with van der Waals surface area (Å²) in [6, 6.07) is 10.7. The number of likely N-dealkylation sites (tertiary alicyclic amines) is 2. The van der Waals surface area contributed by atoms with Gasteiger partial charge in [0.05, 0.1) is 12.7 Å². The third kappa shape index (κ3) is 4.03. The van der Waals surface area contributed by atoms with E-state index in [-0.39, 0.29) is 5.91 Å². The Morgan fingerprint density at radius 3 is 2.55 bits per heavy atom. The van der Waals surface area contributed by atoms with Crippen molar-refractivity contribution in [3.05, 3.63) is 47.8 Å². The summed E-state index contributed by atoms with van der Waals surface area (Å²) in [4.78, 5) is 21.2. The van der Waals surface area contributed by atoms with Crippen molar-refractivity contribution in [1.29, 1.82) is 0 Å². The van der Waals surface area contributed by atoms with Gasteiger partial charge in [-0.05, 0) is 43.0 Å².